The topological polar surface area (TPSA) is 55.1 Å². The van der Waals surface area contributed by atoms with Crippen molar-refractivity contribution in [1.82, 2.24) is 5.32 Å². The van der Waals surface area contributed by atoms with Crippen LogP contribution in [0.4, 0.5) is 0 Å². The number of hydrogen-bond acceptors (Lipinski definition) is 2. The lowest BCUT2D eigenvalue weighted by Gasteiger charge is -2.15. The van der Waals surface area contributed by atoms with Gasteiger partial charge in [-0.2, -0.15) is 0 Å². The third kappa shape index (κ3) is 2.48. The number of nitrogens with two attached hydrogens (primary N) is 1. The van der Waals surface area contributed by atoms with E-state index < -0.39 is 0 Å². The Labute approximate surface area is 95.8 Å². The summed E-state index contributed by atoms with van der Waals surface area (Å²) in [6.45, 7) is 2.52. The molecule has 2 saturated carbocycles. The van der Waals surface area contributed by atoms with Gasteiger partial charge in [-0.3, -0.25) is 4.79 Å². The van der Waals surface area contributed by atoms with Crippen molar-refractivity contribution in [2.24, 2.45) is 29.4 Å². The predicted molar refractivity (Wildman–Crippen MR) is 63.3 cm³/mol. The molecular weight excluding hydrogens is 208 g/mol. The Kier molecular flexibility index (Phi) is 2.96. The second-order valence-electron chi connectivity index (χ2n) is 4.97. The zero-order valence-electron chi connectivity index (χ0n) is 9.03. The van der Waals surface area contributed by atoms with Crippen LogP contribution in [0.3, 0.4) is 0 Å². The van der Waals surface area contributed by atoms with Gasteiger partial charge in [0.2, 0.25) is 5.91 Å². The van der Waals surface area contributed by atoms with Gasteiger partial charge in [0.1, 0.15) is 0 Å². The summed E-state index contributed by atoms with van der Waals surface area (Å²) in [5.41, 5.74) is 5.48. The Morgan fingerprint density at radius 1 is 1.47 bits per heavy atom. The summed E-state index contributed by atoms with van der Waals surface area (Å²) in [5, 5.41) is 2.94. The van der Waals surface area contributed by atoms with Crippen molar-refractivity contribution in [1.29, 1.82) is 0 Å². The van der Waals surface area contributed by atoms with Gasteiger partial charge in [0.05, 0.1) is 4.99 Å². The fourth-order valence-electron chi connectivity index (χ4n) is 2.43. The average Bonchev–Trinajstić information content (AvgIpc) is 2.81. The molecule has 0 aromatic carbocycles. The van der Waals surface area contributed by atoms with Crippen LogP contribution in [0.25, 0.3) is 0 Å². The summed E-state index contributed by atoms with van der Waals surface area (Å²) in [7, 11) is 0. The maximum Gasteiger partial charge on any atom is 0.223 e. The second-order valence-corrected chi connectivity index (χ2v) is 5.44. The Morgan fingerprint density at radius 3 is 2.60 bits per heavy atom. The number of rotatable bonds is 4. The van der Waals surface area contributed by atoms with E-state index in [0.29, 0.717) is 11.5 Å². The number of carbonyl (C=O) groups excluding carboxylic acids is 1. The van der Waals surface area contributed by atoms with Gasteiger partial charge in [0.15, 0.2) is 0 Å². The molecule has 0 aliphatic heterocycles. The van der Waals surface area contributed by atoms with E-state index in [1.165, 1.54) is 6.42 Å². The van der Waals surface area contributed by atoms with E-state index in [-0.39, 0.29) is 17.7 Å². The molecule has 0 saturated heterocycles. The highest BCUT2D eigenvalue weighted by atomic mass is 32.1. The number of fused-ring (bicyclic) bond motifs is 1. The van der Waals surface area contributed by atoms with E-state index in [1.54, 1.807) is 0 Å². The summed E-state index contributed by atoms with van der Waals surface area (Å²) >= 11 is 4.86. The molecule has 3 unspecified atom stereocenters. The van der Waals surface area contributed by atoms with Gasteiger partial charge in [-0.15, -0.1) is 0 Å². The average molecular weight is 226 g/mol. The van der Waals surface area contributed by atoms with Crippen molar-refractivity contribution in [2.75, 3.05) is 6.54 Å². The molecule has 15 heavy (non-hydrogen) atoms. The maximum atomic E-state index is 11.7. The molecule has 2 fully saturated rings. The first-order valence-corrected chi connectivity index (χ1v) is 6.05. The molecule has 0 aromatic heterocycles. The Hall–Kier alpha value is -0.640. The quantitative estimate of drug-likeness (QED) is 0.705. The first kappa shape index (κ1) is 10.9. The monoisotopic (exact) mass is 226 g/mol. The molecule has 0 spiro atoms. The lowest BCUT2D eigenvalue weighted by molar-refractivity contribution is -0.125. The van der Waals surface area contributed by atoms with Crippen molar-refractivity contribution in [2.45, 2.75) is 26.2 Å². The minimum absolute atomic E-state index is 0.0971. The molecule has 0 radical (unpaired) electrons. The first-order valence-electron chi connectivity index (χ1n) is 5.65. The van der Waals surface area contributed by atoms with Crippen LogP contribution in [0.5, 0.6) is 0 Å². The van der Waals surface area contributed by atoms with E-state index in [2.05, 4.69) is 5.32 Å². The van der Waals surface area contributed by atoms with Gasteiger partial charge in [-0.25, -0.2) is 0 Å². The molecule has 2 aliphatic rings. The molecule has 0 bridgehead atoms. The van der Waals surface area contributed by atoms with Crippen LogP contribution in [0, 0.1) is 23.7 Å². The van der Waals surface area contributed by atoms with Crippen molar-refractivity contribution >= 4 is 23.1 Å². The molecule has 84 valence electrons. The molecule has 4 heteroatoms. The molecule has 2 aliphatic carbocycles. The van der Waals surface area contributed by atoms with Gasteiger partial charge in [0, 0.05) is 18.4 Å². The number of thiocarbonyl (C=S) groups is 1. The Bertz CT molecular complexity index is 282. The van der Waals surface area contributed by atoms with Crippen LogP contribution in [0.1, 0.15) is 26.2 Å². The molecule has 1 amide bonds. The van der Waals surface area contributed by atoms with E-state index in [9.17, 15) is 4.79 Å². The number of nitrogens with one attached hydrogen (secondary N) is 1. The highest BCUT2D eigenvalue weighted by Crippen LogP contribution is 2.54. The van der Waals surface area contributed by atoms with Crippen LogP contribution >= 0.6 is 12.2 Å². The molecule has 3 atom stereocenters. The first-order chi connectivity index (χ1) is 7.08. The second kappa shape index (κ2) is 4.08. The van der Waals surface area contributed by atoms with E-state index in [0.717, 1.165) is 24.7 Å². The zero-order valence-corrected chi connectivity index (χ0v) is 9.85. The summed E-state index contributed by atoms with van der Waals surface area (Å²) in [5.74, 6) is 2.26. The van der Waals surface area contributed by atoms with Crippen molar-refractivity contribution in [3.8, 4) is 0 Å². The van der Waals surface area contributed by atoms with Gasteiger partial charge < -0.3 is 11.1 Å². The van der Waals surface area contributed by atoms with E-state index in [4.69, 9.17) is 18.0 Å². The molecule has 2 rings (SSSR count). The number of carbonyl (C=O) groups is 1. The van der Waals surface area contributed by atoms with Gasteiger partial charge >= 0.3 is 0 Å². The fraction of sp³-hybridized carbons (Fsp3) is 0.818. The van der Waals surface area contributed by atoms with Crippen molar-refractivity contribution < 1.29 is 4.79 Å². The fourth-order valence-corrected chi connectivity index (χ4v) is 2.51. The highest BCUT2D eigenvalue weighted by molar-refractivity contribution is 7.80. The van der Waals surface area contributed by atoms with Crippen LogP contribution < -0.4 is 11.1 Å². The zero-order chi connectivity index (χ0) is 11.0. The van der Waals surface area contributed by atoms with Crippen LogP contribution in [-0.2, 0) is 4.79 Å². The smallest absolute Gasteiger partial charge is 0.223 e. The van der Waals surface area contributed by atoms with Gasteiger partial charge in [-0.05, 0) is 31.1 Å². The third-order valence-corrected chi connectivity index (χ3v) is 4.08. The SMILES string of the molecule is CC(CNC(=O)C1CC2CC2C1)C(N)=S. The molecule has 3 nitrogen and oxygen atoms in total. The van der Waals surface area contributed by atoms with E-state index >= 15 is 0 Å². The summed E-state index contributed by atoms with van der Waals surface area (Å²) in [6.07, 6.45) is 3.54. The van der Waals surface area contributed by atoms with Crippen LogP contribution in [-0.4, -0.2) is 17.4 Å². The molecule has 0 aromatic rings. The largest absolute Gasteiger partial charge is 0.393 e. The third-order valence-electron chi connectivity index (χ3n) is 3.68. The predicted octanol–water partition coefficient (Wildman–Crippen LogP) is 1.07. The van der Waals surface area contributed by atoms with Gasteiger partial charge in [0.25, 0.3) is 0 Å². The van der Waals surface area contributed by atoms with Crippen LogP contribution in [0.2, 0.25) is 0 Å². The van der Waals surface area contributed by atoms with Crippen molar-refractivity contribution in [3.05, 3.63) is 0 Å². The number of amides is 1. The molecule has 3 N–H and O–H groups in total. The maximum absolute atomic E-state index is 11.7. The lowest BCUT2D eigenvalue weighted by atomic mass is 10.0. The number of hydrogen-bond donors (Lipinski definition) is 2. The van der Waals surface area contributed by atoms with Gasteiger partial charge in [-0.1, -0.05) is 19.1 Å². The van der Waals surface area contributed by atoms with Crippen molar-refractivity contribution in [3.63, 3.8) is 0 Å². The summed E-state index contributed by atoms with van der Waals surface area (Å²) in [4.78, 5) is 12.2. The minimum Gasteiger partial charge on any atom is -0.393 e. The standard InChI is InChI=1S/C11H18N2OS/c1-6(10(12)15)5-13-11(14)9-3-7-2-8(7)4-9/h6-9H,2-5H2,1H3,(H2,12,15)(H,13,14). The normalized spacial score (nSPS) is 34.3. The van der Waals surface area contributed by atoms with E-state index in [1.807, 2.05) is 6.92 Å². The summed E-state index contributed by atoms with van der Waals surface area (Å²) in [6, 6.07) is 0. The molecular formula is C11H18N2OS. The minimum atomic E-state index is 0.0971. The lowest BCUT2D eigenvalue weighted by Crippen LogP contribution is -2.36. The van der Waals surface area contributed by atoms with Crippen LogP contribution in [0.15, 0.2) is 0 Å². The molecule has 0 heterocycles. The summed E-state index contributed by atoms with van der Waals surface area (Å²) < 4.78 is 0. The Morgan fingerprint density at radius 2 is 2.07 bits per heavy atom. The highest BCUT2D eigenvalue weighted by Gasteiger charge is 2.47. The Balaban J connectivity index is 1.70.